The summed E-state index contributed by atoms with van der Waals surface area (Å²) in [6, 6.07) is 7.21. The standard InChI is InChI=1S/C21H25N3O5/c1-13-17(9-14-6-7-16(29-3)10-18(14)22-13)20(26)23(2)12-19(25)24-8-4-5-15(11-24)21(27)28/h6-7,9-10,15H,4-5,8,11-12H2,1-3H3,(H,27,28)/t15-/m0/s1. The molecule has 3 rings (SSSR count). The average molecular weight is 399 g/mol. The highest BCUT2D eigenvalue weighted by atomic mass is 16.5. The summed E-state index contributed by atoms with van der Waals surface area (Å²) in [5.74, 6) is -1.29. The fourth-order valence-electron chi connectivity index (χ4n) is 3.57. The minimum Gasteiger partial charge on any atom is -0.497 e. The molecular weight excluding hydrogens is 374 g/mol. The van der Waals surface area contributed by atoms with Gasteiger partial charge in [0.15, 0.2) is 0 Å². The molecule has 1 aliphatic rings. The third-order valence-corrected chi connectivity index (χ3v) is 5.29. The second kappa shape index (κ2) is 8.46. The Kier molecular flexibility index (Phi) is 6.00. The molecule has 1 fully saturated rings. The van der Waals surface area contributed by atoms with Crippen molar-refractivity contribution in [3.8, 4) is 5.75 Å². The summed E-state index contributed by atoms with van der Waals surface area (Å²) in [5.41, 5.74) is 1.73. The Hall–Kier alpha value is -3.16. The van der Waals surface area contributed by atoms with E-state index in [4.69, 9.17) is 4.74 Å². The number of likely N-dealkylation sites (tertiary alicyclic amines) is 1. The molecule has 0 radical (unpaired) electrons. The van der Waals surface area contributed by atoms with Crippen molar-refractivity contribution in [2.24, 2.45) is 5.92 Å². The molecular formula is C21H25N3O5. The molecule has 2 heterocycles. The van der Waals surface area contributed by atoms with Crippen LogP contribution in [0.1, 0.15) is 28.9 Å². The van der Waals surface area contributed by atoms with E-state index in [-0.39, 0.29) is 24.9 Å². The third kappa shape index (κ3) is 4.47. The second-order valence-electron chi connectivity index (χ2n) is 7.36. The largest absolute Gasteiger partial charge is 0.497 e. The number of nitrogens with zero attached hydrogens (tertiary/aromatic N) is 3. The smallest absolute Gasteiger partial charge is 0.308 e. The van der Waals surface area contributed by atoms with E-state index in [1.165, 1.54) is 9.80 Å². The lowest BCUT2D eigenvalue weighted by atomic mass is 9.98. The molecule has 1 aromatic carbocycles. The lowest BCUT2D eigenvalue weighted by molar-refractivity contribution is -0.145. The van der Waals surface area contributed by atoms with Crippen LogP contribution in [0.15, 0.2) is 24.3 Å². The number of aromatic nitrogens is 1. The molecule has 1 atom stereocenters. The van der Waals surface area contributed by atoms with Crippen molar-refractivity contribution in [1.29, 1.82) is 0 Å². The van der Waals surface area contributed by atoms with Crippen molar-refractivity contribution in [3.63, 3.8) is 0 Å². The predicted octanol–water partition coefficient (Wildman–Crippen LogP) is 1.95. The van der Waals surface area contributed by atoms with Gasteiger partial charge in [0.2, 0.25) is 5.91 Å². The lowest BCUT2D eigenvalue weighted by Gasteiger charge is -2.32. The van der Waals surface area contributed by atoms with Crippen LogP contribution in [0, 0.1) is 12.8 Å². The van der Waals surface area contributed by atoms with E-state index in [0.717, 1.165) is 10.9 Å². The highest BCUT2D eigenvalue weighted by molar-refractivity contribution is 6.00. The first-order valence-electron chi connectivity index (χ1n) is 9.51. The number of rotatable bonds is 5. The van der Waals surface area contributed by atoms with Crippen LogP contribution >= 0.6 is 0 Å². The summed E-state index contributed by atoms with van der Waals surface area (Å²) in [4.78, 5) is 44.1. The van der Waals surface area contributed by atoms with Crippen LogP contribution in [0.2, 0.25) is 0 Å². The minimum absolute atomic E-state index is 0.106. The van der Waals surface area contributed by atoms with Crippen LogP contribution in [0.3, 0.4) is 0 Å². The van der Waals surface area contributed by atoms with E-state index in [1.807, 2.05) is 6.07 Å². The van der Waals surface area contributed by atoms with Crippen LogP contribution in [-0.4, -0.2) is 71.5 Å². The van der Waals surface area contributed by atoms with Gasteiger partial charge >= 0.3 is 5.97 Å². The van der Waals surface area contributed by atoms with E-state index in [0.29, 0.717) is 36.4 Å². The monoisotopic (exact) mass is 399 g/mol. The third-order valence-electron chi connectivity index (χ3n) is 5.29. The first-order valence-corrected chi connectivity index (χ1v) is 9.51. The number of piperidine rings is 1. The Morgan fingerprint density at radius 2 is 2.07 bits per heavy atom. The molecule has 154 valence electrons. The SMILES string of the molecule is COc1ccc2cc(C(=O)N(C)CC(=O)N3CCC[C@H](C(=O)O)C3)c(C)nc2c1. The maximum atomic E-state index is 12.9. The van der Waals surface area contributed by atoms with Gasteiger partial charge < -0.3 is 19.6 Å². The molecule has 0 unspecified atom stereocenters. The fourth-order valence-corrected chi connectivity index (χ4v) is 3.57. The molecule has 2 amide bonds. The number of methoxy groups -OCH3 is 1. The number of likely N-dealkylation sites (N-methyl/N-ethyl adjacent to an activating group) is 1. The normalized spacial score (nSPS) is 16.5. The van der Waals surface area contributed by atoms with Gasteiger partial charge in [-0.15, -0.1) is 0 Å². The van der Waals surface area contributed by atoms with Gasteiger partial charge in [0.05, 0.1) is 36.3 Å². The van der Waals surface area contributed by atoms with Gasteiger partial charge in [0, 0.05) is 31.6 Å². The number of fused-ring (bicyclic) bond motifs is 1. The molecule has 1 N–H and O–H groups in total. The van der Waals surface area contributed by atoms with E-state index >= 15 is 0 Å². The summed E-state index contributed by atoms with van der Waals surface area (Å²) in [6.07, 6.45) is 1.22. The Morgan fingerprint density at radius 1 is 1.31 bits per heavy atom. The first-order chi connectivity index (χ1) is 13.8. The fraction of sp³-hybridized carbons (Fsp3) is 0.429. The first kappa shape index (κ1) is 20.6. The van der Waals surface area contributed by atoms with E-state index in [1.54, 1.807) is 39.3 Å². The van der Waals surface area contributed by atoms with Crippen LogP contribution in [0.4, 0.5) is 0 Å². The van der Waals surface area contributed by atoms with Crippen molar-refractivity contribution < 1.29 is 24.2 Å². The summed E-state index contributed by atoms with van der Waals surface area (Å²) >= 11 is 0. The molecule has 2 aromatic rings. The van der Waals surface area contributed by atoms with Gasteiger partial charge in [0.25, 0.3) is 5.91 Å². The number of carboxylic acid groups (broad SMARTS) is 1. The van der Waals surface area contributed by atoms with Gasteiger partial charge in [-0.2, -0.15) is 0 Å². The second-order valence-corrected chi connectivity index (χ2v) is 7.36. The number of hydrogen-bond donors (Lipinski definition) is 1. The maximum Gasteiger partial charge on any atom is 0.308 e. The highest BCUT2D eigenvalue weighted by Crippen LogP contribution is 2.22. The van der Waals surface area contributed by atoms with Gasteiger partial charge in [-0.25, -0.2) is 0 Å². The Bertz CT molecular complexity index is 959. The minimum atomic E-state index is -0.888. The van der Waals surface area contributed by atoms with Crippen LogP contribution in [0.25, 0.3) is 10.9 Å². The summed E-state index contributed by atoms with van der Waals surface area (Å²) in [6.45, 7) is 2.35. The number of carbonyl (C=O) groups is 3. The molecule has 1 aromatic heterocycles. The number of hydrogen-bond acceptors (Lipinski definition) is 5. The number of aryl methyl sites for hydroxylation is 1. The zero-order valence-electron chi connectivity index (χ0n) is 16.8. The van der Waals surface area contributed by atoms with E-state index < -0.39 is 11.9 Å². The number of amides is 2. The molecule has 0 saturated carbocycles. The van der Waals surface area contributed by atoms with E-state index in [9.17, 15) is 19.5 Å². The average Bonchev–Trinajstić information content (AvgIpc) is 2.72. The number of aliphatic carboxylic acids is 1. The van der Waals surface area contributed by atoms with Crippen molar-refractivity contribution in [2.75, 3.05) is 33.8 Å². The van der Waals surface area contributed by atoms with Crippen molar-refractivity contribution in [3.05, 3.63) is 35.5 Å². The van der Waals surface area contributed by atoms with Gasteiger partial charge in [-0.1, -0.05) is 0 Å². The molecule has 0 spiro atoms. The lowest BCUT2D eigenvalue weighted by Crippen LogP contribution is -2.47. The van der Waals surface area contributed by atoms with Crippen LogP contribution < -0.4 is 4.74 Å². The van der Waals surface area contributed by atoms with Gasteiger partial charge in [-0.05, 0) is 38.0 Å². The van der Waals surface area contributed by atoms with E-state index in [2.05, 4.69) is 4.98 Å². The molecule has 1 aliphatic heterocycles. The summed E-state index contributed by atoms with van der Waals surface area (Å²) in [5, 5.41) is 9.99. The molecule has 1 saturated heterocycles. The van der Waals surface area contributed by atoms with Crippen LogP contribution in [-0.2, 0) is 9.59 Å². The molecule has 0 aliphatic carbocycles. The van der Waals surface area contributed by atoms with Crippen molar-refractivity contribution in [1.82, 2.24) is 14.8 Å². The van der Waals surface area contributed by atoms with Crippen LogP contribution in [0.5, 0.6) is 5.75 Å². The van der Waals surface area contributed by atoms with Crippen molar-refractivity contribution >= 4 is 28.7 Å². The molecule has 8 heteroatoms. The number of carbonyl (C=O) groups excluding carboxylic acids is 2. The summed E-state index contributed by atoms with van der Waals surface area (Å²) < 4.78 is 5.21. The topological polar surface area (TPSA) is 100 Å². The number of carboxylic acids is 1. The predicted molar refractivity (Wildman–Crippen MR) is 107 cm³/mol. The molecule has 0 bridgehead atoms. The molecule has 8 nitrogen and oxygen atoms in total. The Morgan fingerprint density at radius 3 is 2.76 bits per heavy atom. The Balaban J connectivity index is 1.73. The summed E-state index contributed by atoms with van der Waals surface area (Å²) in [7, 11) is 3.15. The quantitative estimate of drug-likeness (QED) is 0.825. The highest BCUT2D eigenvalue weighted by Gasteiger charge is 2.29. The van der Waals surface area contributed by atoms with Crippen molar-refractivity contribution in [2.45, 2.75) is 19.8 Å². The zero-order valence-corrected chi connectivity index (χ0v) is 16.8. The zero-order chi connectivity index (χ0) is 21.1. The van der Waals surface area contributed by atoms with Gasteiger partial charge in [0.1, 0.15) is 5.75 Å². The number of benzene rings is 1. The maximum absolute atomic E-state index is 12.9. The number of pyridine rings is 1. The van der Waals surface area contributed by atoms with Gasteiger partial charge in [-0.3, -0.25) is 19.4 Å². The number of ether oxygens (including phenoxy) is 1. The molecule has 29 heavy (non-hydrogen) atoms. The Labute approximate surface area is 169 Å².